The number of methoxy groups -OCH3 is 3. The fourth-order valence-electron chi connectivity index (χ4n) is 4.88. The van der Waals surface area contributed by atoms with Crippen LogP contribution in [0.3, 0.4) is 0 Å². The van der Waals surface area contributed by atoms with E-state index in [1.165, 1.54) is 5.56 Å². The topological polar surface area (TPSA) is 69.3 Å². The van der Waals surface area contributed by atoms with E-state index in [-0.39, 0.29) is 11.9 Å². The molecule has 1 aliphatic heterocycles. The number of amides is 1. The molecule has 7 nitrogen and oxygen atoms in total. The van der Waals surface area contributed by atoms with Crippen molar-refractivity contribution in [3.63, 3.8) is 0 Å². The van der Waals surface area contributed by atoms with E-state index in [1.807, 2.05) is 48.5 Å². The zero-order valence-electron chi connectivity index (χ0n) is 22.4. The molecule has 0 bridgehead atoms. The predicted molar refractivity (Wildman–Crippen MR) is 148 cm³/mol. The fourth-order valence-corrected chi connectivity index (χ4v) is 4.88. The van der Waals surface area contributed by atoms with Gasteiger partial charge in [0.15, 0.2) is 23.0 Å². The highest BCUT2D eigenvalue weighted by atomic mass is 16.5. The van der Waals surface area contributed by atoms with E-state index in [9.17, 15) is 4.79 Å². The first kappa shape index (κ1) is 27.1. The SMILES string of the molecule is C=CCOc1cc2c(cc1OC)CCN(CC(=O)NCc1ccccc1)C2Cc1ccc(OC)c(OC)c1. The maximum Gasteiger partial charge on any atom is 0.234 e. The van der Waals surface area contributed by atoms with Crippen LogP contribution < -0.4 is 24.3 Å². The molecule has 38 heavy (non-hydrogen) atoms. The second kappa shape index (κ2) is 13.0. The van der Waals surface area contributed by atoms with Crippen molar-refractivity contribution in [3.8, 4) is 23.0 Å². The molecule has 1 atom stereocenters. The van der Waals surface area contributed by atoms with Crippen LogP contribution in [0.25, 0.3) is 0 Å². The second-order valence-corrected chi connectivity index (χ2v) is 9.19. The van der Waals surface area contributed by atoms with Crippen molar-refractivity contribution < 1.29 is 23.7 Å². The van der Waals surface area contributed by atoms with Crippen molar-refractivity contribution in [2.24, 2.45) is 0 Å². The van der Waals surface area contributed by atoms with Crippen LogP contribution in [-0.2, 0) is 24.2 Å². The molecule has 3 aromatic rings. The van der Waals surface area contributed by atoms with Gasteiger partial charge in [-0.2, -0.15) is 0 Å². The summed E-state index contributed by atoms with van der Waals surface area (Å²) >= 11 is 0. The smallest absolute Gasteiger partial charge is 0.234 e. The molecule has 0 saturated heterocycles. The predicted octanol–water partition coefficient (Wildman–Crippen LogP) is 4.74. The van der Waals surface area contributed by atoms with Crippen molar-refractivity contribution in [2.75, 3.05) is 41.0 Å². The maximum atomic E-state index is 13.0. The lowest BCUT2D eigenvalue weighted by Gasteiger charge is -2.37. The Morgan fingerprint density at radius 3 is 2.39 bits per heavy atom. The minimum absolute atomic E-state index is 0.00810. The van der Waals surface area contributed by atoms with Gasteiger partial charge in [-0.15, -0.1) is 0 Å². The van der Waals surface area contributed by atoms with Crippen molar-refractivity contribution in [1.82, 2.24) is 10.2 Å². The van der Waals surface area contributed by atoms with Crippen LogP contribution in [0.2, 0.25) is 0 Å². The van der Waals surface area contributed by atoms with E-state index < -0.39 is 0 Å². The monoisotopic (exact) mass is 516 g/mol. The van der Waals surface area contributed by atoms with Gasteiger partial charge in [0.1, 0.15) is 6.61 Å². The van der Waals surface area contributed by atoms with Gasteiger partial charge in [-0.05, 0) is 59.4 Å². The minimum Gasteiger partial charge on any atom is -0.493 e. The van der Waals surface area contributed by atoms with Crippen molar-refractivity contribution in [3.05, 3.63) is 95.6 Å². The number of nitrogens with one attached hydrogen (secondary N) is 1. The molecule has 0 saturated carbocycles. The van der Waals surface area contributed by atoms with Crippen LogP contribution in [0.5, 0.6) is 23.0 Å². The minimum atomic E-state index is -0.0451. The first-order valence-corrected chi connectivity index (χ1v) is 12.8. The summed E-state index contributed by atoms with van der Waals surface area (Å²) in [6.45, 7) is 5.68. The zero-order chi connectivity index (χ0) is 26.9. The molecule has 200 valence electrons. The fraction of sp³-hybridized carbons (Fsp3) is 0.323. The number of hydrogen-bond donors (Lipinski definition) is 1. The third kappa shape index (κ3) is 6.47. The Labute approximate surface area is 225 Å². The molecule has 1 amide bonds. The lowest BCUT2D eigenvalue weighted by Crippen LogP contribution is -2.43. The number of fused-ring (bicyclic) bond motifs is 1. The van der Waals surface area contributed by atoms with E-state index in [0.29, 0.717) is 49.1 Å². The number of nitrogens with zero attached hydrogens (tertiary/aromatic N) is 1. The summed E-state index contributed by atoms with van der Waals surface area (Å²) in [6.07, 6.45) is 3.21. The summed E-state index contributed by atoms with van der Waals surface area (Å²) in [7, 11) is 4.91. The van der Waals surface area contributed by atoms with Gasteiger partial charge in [-0.3, -0.25) is 9.69 Å². The van der Waals surface area contributed by atoms with Crippen molar-refractivity contribution in [2.45, 2.75) is 25.4 Å². The number of carbonyl (C=O) groups is 1. The molecule has 0 fully saturated rings. The van der Waals surface area contributed by atoms with Gasteiger partial charge in [-0.1, -0.05) is 49.1 Å². The second-order valence-electron chi connectivity index (χ2n) is 9.19. The lowest BCUT2D eigenvalue weighted by molar-refractivity contribution is -0.123. The molecule has 3 aromatic carbocycles. The van der Waals surface area contributed by atoms with Crippen LogP contribution >= 0.6 is 0 Å². The van der Waals surface area contributed by atoms with E-state index in [0.717, 1.165) is 29.7 Å². The van der Waals surface area contributed by atoms with E-state index >= 15 is 0 Å². The summed E-state index contributed by atoms with van der Waals surface area (Å²) in [4.78, 5) is 15.3. The quantitative estimate of drug-likeness (QED) is 0.351. The summed E-state index contributed by atoms with van der Waals surface area (Å²) in [5.41, 5.74) is 4.48. The van der Waals surface area contributed by atoms with Crippen LogP contribution in [0, 0.1) is 0 Å². The van der Waals surface area contributed by atoms with Crippen LogP contribution in [0.4, 0.5) is 0 Å². The summed E-state index contributed by atoms with van der Waals surface area (Å²) < 4.78 is 22.5. The Hall–Kier alpha value is -3.97. The number of hydrogen-bond acceptors (Lipinski definition) is 6. The van der Waals surface area contributed by atoms with Crippen molar-refractivity contribution in [1.29, 1.82) is 0 Å². The summed E-state index contributed by atoms with van der Waals surface area (Å²) in [6, 6.07) is 20.0. The highest BCUT2D eigenvalue weighted by Crippen LogP contribution is 2.40. The highest BCUT2D eigenvalue weighted by molar-refractivity contribution is 5.78. The van der Waals surface area contributed by atoms with Crippen molar-refractivity contribution >= 4 is 5.91 Å². The number of benzene rings is 3. The van der Waals surface area contributed by atoms with E-state index in [1.54, 1.807) is 27.4 Å². The molecule has 0 aliphatic carbocycles. The average molecular weight is 517 g/mol. The van der Waals surface area contributed by atoms with Crippen LogP contribution in [0.15, 0.2) is 73.3 Å². The number of ether oxygens (including phenoxy) is 4. The molecule has 4 rings (SSSR count). The molecule has 0 radical (unpaired) electrons. The normalized spacial score (nSPS) is 14.8. The Kier molecular flexibility index (Phi) is 9.27. The first-order valence-electron chi connectivity index (χ1n) is 12.8. The van der Waals surface area contributed by atoms with E-state index in [4.69, 9.17) is 18.9 Å². The molecule has 0 spiro atoms. The zero-order valence-corrected chi connectivity index (χ0v) is 22.4. The largest absolute Gasteiger partial charge is 0.493 e. The van der Waals surface area contributed by atoms with Gasteiger partial charge >= 0.3 is 0 Å². The third-order valence-electron chi connectivity index (χ3n) is 6.81. The van der Waals surface area contributed by atoms with Crippen LogP contribution in [0.1, 0.15) is 28.3 Å². The van der Waals surface area contributed by atoms with Gasteiger partial charge in [0.05, 0.1) is 27.9 Å². The third-order valence-corrected chi connectivity index (χ3v) is 6.81. The van der Waals surface area contributed by atoms with Gasteiger partial charge in [-0.25, -0.2) is 0 Å². The molecule has 7 heteroatoms. The van der Waals surface area contributed by atoms with E-state index in [2.05, 4.69) is 28.9 Å². The molecule has 1 unspecified atom stereocenters. The van der Waals surface area contributed by atoms with Gasteiger partial charge in [0.25, 0.3) is 0 Å². The Bertz CT molecular complexity index is 1240. The Morgan fingerprint density at radius 1 is 0.947 bits per heavy atom. The van der Waals surface area contributed by atoms with Gasteiger partial charge < -0.3 is 24.3 Å². The average Bonchev–Trinajstić information content (AvgIpc) is 2.96. The highest BCUT2D eigenvalue weighted by Gasteiger charge is 2.31. The molecule has 1 heterocycles. The lowest BCUT2D eigenvalue weighted by atomic mass is 9.88. The van der Waals surface area contributed by atoms with Gasteiger partial charge in [0.2, 0.25) is 5.91 Å². The number of rotatable bonds is 12. The molecule has 1 N–H and O–H groups in total. The molecular weight excluding hydrogens is 480 g/mol. The number of carbonyl (C=O) groups excluding carboxylic acids is 1. The standard InChI is InChI=1S/C31H36N2O5/c1-5-15-38-30-19-25-24(18-29(30)37-4)13-14-33(21-31(34)32-20-22-9-7-6-8-10-22)26(25)16-23-11-12-27(35-2)28(17-23)36-3/h5-12,17-19,26H,1,13-16,20-21H2,2-4H3,(H,32,34). The molecule has 0 aromatic heterocycles. The first-order chi connectivity index (χ1) is 18.6. The molecule has 1 aliphatic rings. The maximum absolute atomic E-state index is 13.0. The summed E-state index contributed by atoms with van der Waals surface area (Å²) in [5.74, 6) is 2.72. The Morgan fingerprint density at radius 2 is 1.68 bits per heavy atom. The Balaban J connectivity index is 1.63. The summed E-state index contributed by atoms with van der Waals surface area (Å²) in [5, 5.41) is 3.07. The van der Waals surface area contributed by atoms with Crippen LogP contribution in [-0.4, -0.2) is 51.8 Å². The molecular formula is C31H36N2O5. The van der Waals surface area contributed by atoms with Gasteiger partial charge in [0, 0.05) is 19.1 Å².